The van der Waals surface area contributed by atoms with Crippen LogP contribution in [-0.4, -0.2) is 32.1 Å². The summed E-state index contributed by atoms with van der Waals surface area (Å²) >= 11 is 0. The van der Waals surface area contributed by atoms with Gasteiger partial charge in [-0.25, -0.2) is 0 Å². The van der Waals surface area contributed by atoms with Crippen LogP contribution < -0.4 is 5.73 Å². The first kappa shape index (κ1) is 8.02. The van der Waals surface area contributed by atoms with Gasteiger partial charge in [0.25, 0.3) is 0 Å². The summed E-state index contributed by atoms with van der Waals surface area (Å²) in [4.78, 5) is 2.26. The second-order valence-electron chi connectivity index (χ2n) is 3.70. The first-order chi connectivity index (χ1) is 4.72. The van der Waals surface area contributed by atoms with Gasteiger partial charge in [-0.1, -0.05) is 0 Å². The molecule has 1 aliphatic rings. The number of nitrogens with zero attached hydrogens (tertiary/aromatic N) is 1. The molecule has 0 aliphatic heterocycles. The van der Waals surface area contributed by atoms with Gasteiger partial charge in [-0.3, -0.25) is 0 Å². The van der Waals surface area contributed by atoms with E-state index in [9.17, 15) is 0 Å². The molecule has 0 bridgehead atoms. The van der Waals surface area contributed by atoms with Crippen molar-refractivity contribution in [1.82, 2.24) is 4.90 Å². The smallest absolute Gasteiger partial charge is 0.000378 e. The van der Waals surface area contributed by atoms with Gasteiger partial charge in [0.15, 0.2) is 0 Å². The number of nitrogens with two attached hydrogens (primary N) is 1. The topological polar surface area (TPSA) is 29.3 Å². The minimum atomic E-state index is 0.838. The van der Waals surface area contributed by atoms with Crippen LogP contribution in [0.15, 0.2) is 0 Å². The highest BCUT2D eigenvalue weighted by molar-refractivity contribution is 4.80. The van der Waals surface area contributed by atoms with E-state index < -0.39 is 0 Å². The van der Waals surface area contributed by atoms with E-state index in [1.54, 1.807) is 0 Å². The van der Waals surface area contributed by atoms with E-state index in [-0.39, 0.29) is 0 Å². The minimum absolute atomic E-state index is 0.838. The van der Waals surface area contributed by atoms with Crippen LogP contribution in [0.1, 0.15) is 12.8 Å². The van der Waals surface area contributed by atoms with Gasteiger partial charge in [0.1, 0.15) is 0 Å². The molecule has 0 saturated heterocycles. The van der Waals surface area contributed by atoms with Gasteiger partial charge < -0.3 is 10.6 Å². The molecule has 0 unspecified atom stereocenters. The first-order valence-corrected chi connectivity index (χ1v) is 4.07. The lowest BCUT2D eigenvalue weighted by atomic mass is 9.75. The molecule has 0 amide bonds. The molecule has 0 aromatic heterocycles. The zero-order chi connectivity index (χ0) is 7.56. The summed E-state index contributed by atoms with van der Waals surface area (Å²) in [6.07, 6.45) is 2.71. The Balaban J connectivity index is 2.03. The van der Waals surface area contributed by atoms with E-state index in [1.165, 1.54) is 19.4 Å². The van der Waals surface area contributed by atoms with Crippen LogP contribution in [0.3, 0.4) is 0 Å². The van der Waals surface area contributed by atoms with Crippen molar-refractivity contribution in [3.63, 3.8) is 0 Å². The highest BCUT2D eigenvalue weighted by Crippen LogP contribution is 2.32. The summed E-state index contributed by atoms with van der Waals surface area (Å²) in [5.74, 6) is 1.77. The van der Waals surface area contributed by atoms with Gasteiger partial charge in [0, 0.05) is 6.54 Å². The van der Waals surface area contributed by atoms with Crippen molar-refractivity contribution in [2.75, 3.05) is 27.2 Å². The molecule has 2 N–H and O–H groups in total. The SMILES string of the molecule is CN(C)CC1CC(CN)C1. The second-order valence-corrected chi connectivity index (χ2v) is 3.70. The van der Waals surface area contributed by atoms with Crippen LogP contribution in [0, 0.1) is 11.8 Å². The molecule has 60 valence electrons. The first-order valence-electron chi connectivity index (χ1n) is 4.07. The van der Waals surface area contributed by atoms with Crippen LogP contribution in [0.5, 0.6) is 0 Å². The van der Waals surface area contributed by atoms with Gasteiger partial charge in [0.05, 0.1) is 0 Å². The third kappa shape index (κ3) is 1.96. The van der Waals surface area contributed by atoms with Crippen molar-refractivity contribution in [3.8, 4) is 0 Å². The molecule has 2 nitrogen and oxygen atoms in total. The molecule has 10 heavy (non-hydrogen) atoms. The minimum Gasteiger partial charge on any atom is -0.330 e. The number of rotatable bonds is 3. The van der Waals surface area contributed by atoms with E-state index in [0.717, 1.165) is 18.4 Å². The third-order valence-corrected chi connectivity index (χ3v) is 2.29. The Labute approximate surface area is 63.4 Å². The highest BCUT2D eigenvalue weighted by atomic mass is 15.1. The lowest BCUT2D eigenvalue weighted by molar-refractivity contribution is 0.157. The Hall–Kier alpha value is -0.0800. The van der Waals surface area contributed by atoms with Crippen molar-refractivity contribution in [3.05, 3.63) is 0 Å². The monoisotopic (exact) mass is 142 g/mol. The fraction of sp³-hybridized carbons (Fsp3) is 1.00. The summed E-state index contributed by atoms with van der Waals surface area (Å²) < 4.78 is 0. The third-order valence-electron chi connectivity index (χ3n) is 2.29. The molecular weight excluding hydrogens is 124 g/mol. The van der Waals surface area contributed by atoms with Crippen molar-refractivity contribution in [2.24, 2.45) is 17.6 Å². The molecule has 1 saturated carbocycles. The van der Waals surface area contributed by atoms with E-state index in [4.69, 9.17) is 5.73 Å². The summed E-state index contributed by atoms with van der Waals surface area (Å²) in [6.45, 7) is 2.14. The normalized spacial score (nSPS) is 32.4. The van der Waals surface area contributed by atoms with Crippen molar-refractivity contribution in [2.45, 2.75) is 12.8 Å². The van der Waals surface area contributed by atoms with Crippen LogP contribution in [-0.2, 0) is 0 Å². The number of hydrogen-bond acceptors (Lipinski definition) is 2. The Morgan fingerprint density at radius 3 is 2.30 bits per heavy atom. The van der Waals surface area contributed by atoms with Crippen molar-refractivity contribution < 1.29 is 0 Å². The fourth-order valence-electron chi connectivity index (χ4n) is 1.73. The molecule has 0 radical (unpaired) electrons. The van der Waals surface area contributed by atoms with Crippen molar-refractivity contribution in [1.29, 1.82) is 0 Å². The predicted molar refractivity (Wildman–Crippen MR) is 43.8 cm³/mol. The molecule has 0 aromatic rings. The molecule has 1 fully saturated rings. The summed E-state index contributed by atoms with van der Waals surface area (Å²) in [7, 11) is 4.27. The van der Waals surface area contributed by atoms with Crippen molar-refractivity contribution >= 4 is 0 Å². The van der Waals surface area contributed by atoms with Gasteiger partial charge in [-0.05, 0) is 45.3 Å². The highest BCUT2D eigenvalue weighted by Gasteiger charge is 2.27. The number of hydrogen-bond donors (Lipinski definition) is 1. The summed E-state index contributed by atoms with van der Waals surface area (Å²) in [5, 5.41) is 0. The Morgan fingerprint density at radius 2 is 1.90 bits per heavy atom. The second kappa shape index (κ2) is 3.35. The van der Waals surface area contributed by atoms with Crippen LogP contribution in [0.2, 0.25) is 0 Å². The molecular formula is C8H18N2. The largest absolute Gasteiger partial charge is 0.330 e. The Kier molecular flexibility index (Phi) is 2.69. The quantitative estimate of drug-likeness (QED) is 0.623. The lowest BCUT2D eigenvalue weighted by Crippen LogP contribution is -2.36. The summed E-state index contributed by atoms with van der Waals surface area (Å²) in [6, 6.07) is 0. The zero-order valence-corrected chi connectivity index (χ0v) is 7.01. The molecule has 0 atom stereocenters. The molecule has 1 aliphatic carbocycles. The molecule has 1 rings (SSSR count). The van der Waals surface area contributed by atoms with Gasteiger partial charge in [-0.2, -0.15) is 0 Å². The molecule has 0 spiro atoms. The maximum Gasteiger partial charge on any atom is 0.000378 e. The van der Waals surface area contributed by atoms with E-state index in [0.29, 0.717) is 0 Å². The van der Waals surface area contributed by atoms with E-state index in [2.05, 4.69) is 19.0 Å². The van der Waals surface area contributed by atoms with E-state index >= 15 is 0 Å². The molecule has 0 aromatic carbocycles. The van der Waals surface area contributed by atoms with Crippen LogP contribution in [0.4, 0.5) is 0 Å². The maximum atomic E-state index is 5.51. The van der Waals surface area contributed by atoms with Crippen LogP contribution >= 0.6 is 0 Å². The van der Waals surface area contributed by atoms with Gasteiger partial charge in [0.2, 0.25) is 0 Å². The standard InChI is InChI=1S/C8H18N2/c1-10(2)6-8-3-7(4-8)5-9/h7-8H,3-6,9H2,1-2H3. The zero-order valence-electron chi connectivity index (χ0n) is 7.01. The van der Waals surface area contributed by atoms with Crippen LogP contribution in [0.25, 0.3) is 0 Å². The average molecular weight is 142 g/mol. The summed E-state index contributed by atoms with van der Waals surface area (Å²) in [5.41, 5.74) is 5.51. The van der Waals surface area contributed by atoms with Gasteiger partial charge >= 0.3 is 0 Å². The Bertz CT molecular complexity index is 95.4. The lowest BCUT2D eigenvalue weighted by Gasteiger charge is -2.36. The molecule has 2 heteroatoms. The van der Waals surface area contributed by atoms with Gasteiger partial charge in [-0.15, -0.1) is 0 Å². The fourth-order valence-corrected chi connectivity index (χ4v) is 1.73. The van der Waals surface area contributed by atoms with E-state index in [1.807, 2.05) is 0 Å². The average Bonchev–Trinajstić information content (AvgIpc) is 1.76. The Morgan fingerprint density at radius 1 is 1.30 bits per heavy atom. The maximum absolute atomic E-state index is 5.51. The predicted octanol–water partition coefficient (Wildman–Crippen LogP) is 0.533. The molecule has 0 heterocycles.